The highest BCUT2D eigenvalue weighted by Crippen LogP contribution is 2.28. The standard InChI is InChI=1S/C32H41N3O5S/c1-6-24(4)33-32(37)29(8-3)34(22-25-18-20-27(40-5)21-19-25)31(36)23-35(30-17-13-12-14-26(30)7-2)41(38,39)28-15-10-9-11-16-28/h9-21,24,29H,6-8,22-23H2,1-5H3,(H,33,37)/t24-,29-/m0/s1. The molecule has 0 bridgehead atoms. The molecule has 0 aliphatic rings. The molecule has 3 aromatic carbocycles. The maximum Gasteiger partial charge on any atom is 0.264 e. The topological polar surface area (TPSA) is 96.0 Å². The van der Waals surface area contributed by atoms with Crippen molar-refractivity contribution >= 4 is 27.5 Å². The van der Waals surface area contributed by atoms with E-state index in [1.165, 1.54) is 21.3 Å². The molecule has 3 aromatic rings. The van der Waals surface area contributed by atoms with E-state index in [0.29, 0.717) is 24.3 Å². The summed E-state index contributed by atoms with van der Waals surface area (Å²) in [5.74, 6) is -0.0722. The number of rotatable bonds is 14. The van der Waals surface area contributed by atoms with Gasteiger partial charge < -0.3 is 15.0 Å². The Bertz CT molecular complexity index is 1390. The summed E-state index contributed by atoms with van der Waals surface area (Å²) >= 11 is 0. The molecule has 41 heavy (non-hydrogen) atoms. The summed E-state index contributed by atoms with van der Waals surface area (Å²) in [6, 6.07) is 21.7. The Labute approximate surface area is 244 Å². The summed E-state index contributed by atoms with van der Waals surface area (Å²) in [7, 11) is -2.53. The van der Waals surface area contributed by atoms with Crippen LogP contribution in [0.4, 0.5) is 5.69 Å². The molecule has 0 saturated carbocycles. The number of hydrogen-bond donors (Lipinski definition) is 1. The molecule has 0 radical (unpaired) electrons. The highest BCUT2D eigenvalue weighted by Gasteiger charge is 2.34. The van der Waals surface area contributed by atoms with Gasteiger partial charge in [-0.3, -0.25) is 13.9 Å². The molecular weight excluding hydrogens is 538 g/mol. The number of methoxy groups -OCH3 is 1. The Morgan fingerprint density at radius 3 is 2.10 bits per heavy atom. The number of nitrogens with zero attached hydrogens (tertiary/aromatic N) is 2. The van der Waals surface area contributed by atoms with E-state index in [2.05, 4.69) is 5.32 Å². The SMILES string of the molecule is CCc1ccccc1N(CC(=O)N(Cc1ccc(OC)cc1)[C@@H](CC)C(=O)N[C@@H](C)CC)S(=O)(=O)c1ccccc1. The molecule has 0 aliphatic carbocycles. The van der Waals surface area contributed by atoms with Crippen molar-refractivity contribution in [3.05, 3.63) is 90.0 Å². The first kappa shape index (κ1) is 31.7. The Balaban J connectivity index is 2.08. The third kappa shape index (κ3) is 7.88. The zero-order valence-corrected chi connectivity index (χ0v) is 25.4. The monoisotopic (exact) mass is 579 g/mol. The number of benzene rings is 3. The number of ether oxygens (including phenoxy) is 1. The summed E-state index contributed by atoms with van der Waals surface area (Å²) in [5.41, 5.74) is 2.03. The largest absolute Gasteiger partial charge is 0.497 e. The minimum absolute atomic E-state index is 0.0686. The van der Waals surface area contributed by atoms with Gasteiger partial charge in [-0.1, -0.05) is 69.3 Å². The third-order valence-corrected chi connectivity index (χ3v) is 8.92. The summed E-state index contributed by atoms with van der Waals surface area (Å²) in [6.45, 7) is 7.34. The molecule has 0 aliphatic heterocycles. The van der Waals surface area contributed by atoms with Crippen LogP contribution >= 0.6 is 0 Å². The summed E-state index contributed by atoms with van der Waals surface area (Å²) < 4.78 is 34.5. The van der Waals surface area contributed by atoms with Crippen LogP contribution in [0.25, 0.3) is 0 Å². The van der Waals surface area contributed by atoms with Crippen molar-refractivity contribution in [1.82, 2.24) is 10.2 Å². The molecule has 2 amide bonds. The summed E-state index contributed by atoms with van der Waals surface area (Å²) in [4.78, 5) is 29.2. The quantitative estimate of drug-likeness (QED) is 0.284. The Morgan fingerprint density at radius 2 is 1.51 bits per heavy atom. The smallest absolute Gasteiger partial charge is 0.264 e. The lowest BCUT2D eigenvalue weighted by Gasteiger charge is -2.34. The average Bonchev–Trinajstić information content (AvgIpc) is 3.00. The van der Waals surface area contributed by atoms with Crippen molar-refractivity contribution in [2.24, 2.45) is 0 Å². The molecule has 9 heteroatoms. The van der Waals surface area contributed by atoms with Gasteiger partial charge in [-0.25, -0.2) is 8.42 Å². The zero-order valence-electron chi connectivity index (χ0n) is 24.5. The van der Waals surface area contributed by atoms with E-state index in [1.54, 1.807) is 49.6 Å². The van der Waals surface area contributed by atoms with E-state index < -0.39 is 28.5 Å². The number of sulfonamides is 1. The van der Waals surface area contributed by atoms with E-state index in [4.69, 9.17) is 4.74 Å². The number of carbonyl (C=O) groups excluding carboxylic acids is 2. The predicted molar refractivity (Wildman–Crippen MR) is 162 cm³/mol. The van der Waals surface area contributed by atoms with Crippen molar-refractivity contribution in [1.29, 1.82) is 0 Å². The molecule has 0 saturated heterocycles. The number of aryl methyl sites for hydroxylation is 1. The van der Waals surface area contributed by atoms with Gasteiger partial charge in [0.25, 0.3) is 10.0 Å². The molecule has 0 spiro atoms. The second-order valence-corrected chi connectivity index (χ2v) is 11.8. The number of carbonyl (C=O) groups is 2. The molecular formula is C32H41N3O5S. The van der Waals surface area contributed by atoms with E-state index in [1.807, 2.05) is 52.0 Å². The minimum Gasteiger partial charge on any atom is -0.497 e. The molecule has 1 N–H and O–H groups in total. The first-order valence-corrected chi connectivity index (χ1v) is 15.5. The van der Waals surface area contributed by atoms with Crippen LogP contribution in [0.3, 0.4) is 0 Å². The van der Waals surface area contributed by atoms with Crippen LogP contribution in [-0.2, 0) is 32.6 Å². The van der Waals surface area contributed by atoms with Gasteiger partial charge in [0.05, 0.1) is 17.7 Å². The number of nitrogens with one attached hydrogen (secondary N) is 1. The Morgan fingerprint density at radius 1 is 0.878 bits per heavy atom. The first-order valence-electron chi connectivity index (χ1n) is 14.0. The zero-order chi connectivity index (χ0) is 30.0. The fourth-order valence-electron chi connectivity index (χ4n) is 4.57. The number of hydrogen-bond acceptors (Lipinski definition) is 5. The van der Waals surface area contributed by atoms with E-state index in [-0.39, 0.29) is 23.4 Å². The minimum atomic E-state index is -4.10. The van der Waals surface area contributed by atoms with Gasteiger partial charge in [0.15, 0.2) is 0 Å². The molecule has 3 rings (SSSR count). The van der Waals surface area contributed by atoms with Crippen LogP contribution in [0.15, 0.2) is 83.8 Å². The van der Waals surface area contributed by atoms with Crippen LogP contribution in [0, 0.1) is 0 Å². The van der Waals surface area contributed by atoms with Crippen LogP contribution in [0.5, 0.6) is 5.75 Å². The molecule has 0 aromatic heterocycles. The molecule has 0 heterocycles. The van der Waals surface area contributed by atoms with Crippen LogP contribution in [0.2, 0.25) is 0 Å². The lowest BCUT2D eigenvalue weighted by Crippen LogP contribution is -2.53. The fourth-order valence-corrected chi connectivity index (χ4v) is 6.05. The van der Waals surface area contributed by atoms with Gasteiger partial charge in [-0.15, -0.1) is 0 Å². The van der Waals surface area contributed by atoms with Gasteiger partial charge in [-0.2, -0.15) is 0 Å². The van der Waals surface area contributed by atoms with Crippen molar-refractivity contribution in [3.8, 4) is 5.75 Å². The average molecular weight is 580 g/mol. The molecule has 2 atom stereocenters. The third-order valence-electron chi connectivity index (χ3n) is 7.15. The second-order valence-electron chi connectivity index (χ2n) is 9.92. The lowest BCUT2D eigenvalue weighted by molar-refractivity contribution is -0.140. The molecule has 8 nitrogen and oxygen atoms in total. The number of para-hydroxylation sites is 1. The van der Waals surface area contributed by atoms with Crippen molar-refractivity contribution in [3.63, 3.8) is 0 Å². The van der Waals surface area contributed by atoms with E-state index in [9.17, 15) is 18.0 Å². The van der Waals surface area contributed by atoms with Gasteiger partial charge in [0.2, 0.25) is 11.8 Å². The number of amides is 2. The number of anilines is 1. The summed E-state index contributed by atoms with van der Waals surface area (Å²) in [5, 5.41) is 2.99. The molecule has 0 unspecified atom stereocenters. The molecule has 0 fully saturated rings. The summed E-state index contributed by atoms with van der Waals surface area (Å²) in [6.07, 6.45) is 1.68. The van der Waals surface area contributed by atoms with Crippen molar-refractivity contribution in [2.45, 2.75) is 70.5 Å². The highest BCUT2D eigenvalue weighted by molar-refractivity contribution is 7.92. The van der Waals surface area contributed by atoms with Crippen LogP contribution in [-0.4, -0.2) is 50.9 Å². The normalized spacial score (nSPS) is 12.7. The van der Waals surface area contributed by atoms with Crippen molar-refractivity contribution < 1.29 is 22.7 Å². The maximum atomic E-state index is 14.2. The van der Waals surface area contributed by atoms with Gasteiger partial charge in [0, 0.05) is 12.6 Å². The van der Waals surface area contributed by atoms with Crippen LogP contribution < -0.4 is 14.4 Å². The first-order chi connectivity index (χ1) is 19.7. The maximum absolute atomic E-state index is 14.2. The van der Waals surface area contributed by atoms with Gasteiger partial charge in [-0.05, 0) is 67.6 Å². The Kier molecular flexibility index (Phi) is 11.3. The van der Waals surface area contributed by atoms with Crippen molar-refractivity contribution in [2.75, 3.05) is 18.0 Å². The lowest BCUT2D eigenvalue weighted by atomic mass is 10.1. The van der Waals surface area contributed by atoms with E-state index in [0.717, 1.165) is 17.5 Å². The van der Waals surface area contributed by atoms with Gasteiger partial charge >= 0.3 is 0 Å². The highest BCUT2D eigenvalue weighted by atomic mass is 32.2. The van der Waals surface area contributed by atoms with Crippen LogP contribution in [0.1, 0.15) is 51.7 Å². The molecule has 220 valence electrons. The van der Waals surface area contributed by atoms with E-state index >= 15 is 0 Å². The predicted octanol–water partition coefficient (Wildman–Crippen LogP) is 5.18. The Hall–Kier alpha value is -3.85. The fraction of sp³-hybridized carbons (Fsp3) is 0.375. The second kappa shape index (κ2) is 14.7. The van der Waals surface area contributed by atoms with Gasteiger partial charge in [0.1, 0.15) is 18.3 Å².